The summed E-state index contributed by atoms with van der Waals surface area (Å²) in [6.45, 7) is 6.35. The van der Waals surface area contributed by atoms with Gasteiger partial charge in [0.15, 0.2) is 0 Å². The van der Waals surface area contributed by atoms with Crippen LogP contribution in [0.2, 0.25) is 0 Å². The van der Waals surface area contributed by atoms with Crippen molar-refractivity contribution in [1.82, 2.24) is 10.2 Å². The Morgan fingerprint density at radius 1 is 0.774 bits per heavy atom. The minimum Gasteiger partial charge on any atom is -0.330 e. The Bertz CT molecular complexity index is 725. The highest BCUT2D eigenvalue weighted by Gasteiger charge is 2.20. The van der Waals surface area contributed by atoms with Crippen LogP contribution in [0.5, 0.6) is 0 Å². The molecule has 0 aliphatic carbocycles. The van der Waals surface area contributed by atoms with Crippen LogP contribution in [-0.2, 0) is 0 Å². The van der Waals surface area contributed by atoms with Gasteiger partial charge in [0.05, 0.1) is 0 Å². The molecule has 3 nitrogen and oxygen atoms in total. The van der Waals surface area contributed by atoms with Gasteiger partial charge in [0, 0.05) is 0 Å². The molecule has 2 aromatic rings. The van der Waals surface area contributed by atoms with Gasteiger partial charge in [-0.2, -0.15) is 0 Å². The fourth-order valence-corrected chi connectivity index (χ4v) is 4.43. The van der Waals surface area contributed by atoms with Crippen LogP contribution in [0.25, 0.3) is 0 Å². The zero-order valence-electron chi connectivity index (χ0n) is 18.2. The van der Waals surface area contributed by atoms with Crippen molar-refractivity contribution in [3.63, 3.8) is 0 Å². The third-order valence-electron chi connectivity index (χ3n) is 6.29. The molecule has 172 valence electrons. The second kappa shape index (κ2) is 13.8. The molecule has 2 aromatic carbocycles. The van der Waals surface area contributed by atoms with Gasteiger partial charge in [-0.05, 0) is 119 Å². The molecule has 0 aromatic heterocycles. The lowest BCUT2D eigenvalue weighted by atomic mass is 9.89. The smallest absolute Gasteiger partial charge is 0.123 e. The predicted molar refractivity (Wildman–Crippen MR) is 127 cm³/mol. The molecule has 0 saturated carbocycles. The van der Waals surface area contributed by atoms with Crippen molar-refractivity contribution in [1.29, 1.82) is 0 Å². The van der Waals surface area contributed by atoms with Gasteiger partial charge in [0.2, 0.25) is 0 Å². The van der Waals surface area contributed by atoms with E-state index in [9.17, 15) is 8.78 Å². The molecule has 0 spiro atoms. The first-order valence-corrected chi connectivity index (χ1v) is 11.3. The molecule has 31 heavy (non-hydrogen) atoms. The van der Waals surface area contributed by atoms with E-state index in [0.29, 0.717) is 11.8 Å². The van der Waals surface area contributed by atoms with Gasteiger partial charge in [-0.15, -0.1) is 12.4 Å². The lowest BCUT2D eigenvalue weighted by molar-refractivity contribution is 0.211. The van der Waals surface area contributed by atoms with Crippen LogP contribution in [0.3, 0.4) is 0 Å². The first-order chi connectivity index (χ1) is 14.7. The highest BCUT2D eigenvalue weighted by Crippen LogP contribution is 2.28. The number of hydrogen-bond donors (Lipinski definition) is 2. The summed E-state index contributed by atoms with van der Waals surface area (Å²) in [6.07, 6.45) is 5.78. The van der Waals surface area contributed by atoms with E-state index in [2.05, 4.69) is 10.2 Å². The van der Waals surface area contributed by atoms with E-state index in [1.807, 2.05) is 24.3 Å². The van der Waals surface area contributed by atoms with Gasteiger partial charge < -0.3 is 16.0 Å². The lowest BCUT2D eigenvalue weighted by Gasteiger charge is -2.32. The Kier molecular flexibility index (Phi) is 11.4. The van der Waals surface area contributed by atoms with Gasteiger partial charge in [-0.1, -0.05) is 24.3 Å². The fourth-order valence-electron chi connectivity index (χ4n) is 4.43. The van der Waals surface area contributed by atoms with Gasteiger partial charge in [-0.3, -0.25) is 0 Å². The molecule has 2 aliphatic rings. The Morgan fingerprint density at radius 2 is 1.23 bits per heavy atom. The summed E-state index contributed by atoms with van der Waals surface area (Å²) < 4.78 is 25.5. The van der Waals surface area contributed by atoms with Crippen molar-refractivity contribution >= 4 is 12.4 Å². The summed E-state index contributed by atoms with van der Waals surface area (Å²) in [6, 6.07) is 13.9. The van der Waals surface area contributed by atoms with Crippen molar-refractivity contribution in [2.75, 3.05) is 39.3 Å². The predicted octanol–water partition coefficient (Wildman–Crippen LogP) is 5.07. The zero-order chi connectivity index (χ0) is 21.2. The van der Waals surface area contributed by atoms with Gasteiger partial charge in [-0.25, -0.2) is 8.78 Å². The standard InChI is InChI=1S/C14H21FN2.C11H14FN.ClH/c15-14-4-2-12(3-5-14)13-6-10-17(11-7-13)9-1-8-16;12-11-3-1-9(2-4-11)10-5-7-13-8-6-10;/h2-5,13H,1,6-11,16H2;1-4,10,13H,5-8H2;1H. The number of nitrogens with one attached hydrogen (secondary N) is 1. The number of benzene rings is 2. The van der Waals surface area contributed by atoms with Gasteiger partial charge in [0.25, 0.3) is 0 Å². The number of nitrogens with two attached hydrogens (primary N) is 1. The molecule has 0 bridgehead atoms. The van der Waals surface area contributed by atoms with Crippen LogP contribution in [0.15, 0.2) is 48.5 Å². The van der Waals surface area contributed by atoms with Crippen LogP contribution >= 0.6 is 12.4 Å². The van der Waals surface area contributed by atoms with Crippen LogP contribution in [-0.4, -0.2) is 44.2 Å². The monoisotopic (exact) mass is 451 g/mol. The first-order valence-electron chi connectivity index (χ1n) is 11.3. The fraction of sp³-hybridized carbons (Fsp3) is 0.520. The minimum absolute atomic E-state index is 0. The van der Waals surface area contributed by atoms with Crippen LogP contribution in [0.4, 0.5) is 8.78 Å². The topological polar surface area (TPSA) is 41.3 Å². The Morgan fingerprint density at radius 3 is 1.68 bits per heavy atom. The molecule has 2 fully saturated rings. The molecule has 0 unspecified atom stereocenters. The van der Waals surface area contributed by atoms with Crippen molar-refractivity contribution in [3.05, 3.63) is 71.3 Å². The number of piperidine rings is 2. The maximum Gasteiger partial charge on any atom is 0.123 e. The summed E-state index contributed by atoms with van der Waals surface area (Å²) in [7, 11) is 0. The van der Waals surface area contributed by atoms with Crippen LogP contribution < -0.4 is 11.1 Å². The molecule has 0 amide bonds. The number of likely N-dealkylation sites (tertiary alicyclic amines) is 1. The number of halogens is 3. The lowest BCUT2D eigenvalue weighted by Crippen LogP contribution is -2.34. The number of rotatable bonds is 5. The van der Waals surface area contributed by atoms with E-state index >= 15 is 0 Å². The summed E-state index contributed by atoms with van der Waals surface area (Å²) in [5.41, 5.74) is 8.08. The summed E-state index contributed by atoms with van der Waals surface area (Å²) in [5, 5.41) is 3.32. The van der Waals surface area contributed by atoms with E-state index in [-0.39, 0.29) is 24.0 Å². The maximum atomic E-state index is 12.8. The molecule has 3 N–H and O–H groups in total. The molecule has 2 aliphatic heterocycles. The van der Waals surface area contributed by atoms with E-state index in [0.717, 1.165) is 45.7 Å². The summed E-state index contributed by atoms with van der Waals surface area (Å²) in [5.74, 6) is 0.943. The third-order valence-corrected chi connectivity index (χ3v) is 6.29. The Hall–Kier alpha value is -1.53. The van der Waals surface area contributed by atoms with Crippen LogP contribution in [0.1, 0.15) is 55.1 Å². The second-order valence-electron chi connectivity index (χ2n) is 8.39. The largest absolute Gasteiger partial charge is 0.330 e. The normalized spacial score (nSPS) is 18.0. The van der Waals surface area contributed by atoms with E-state index < -0.39 is 0 Å². The summed E-state index contributed by atoms with van der Waals surface area (Å²) in [4.78, 5) is 2.48. The van der Waals surface area contributed by atoms with E-state index in [1.165, 1.54) is 36.8 Å². The van der Waals surface area contributed by atoms with E-state index in [1.54, 1.807) is 24.3 Å². The maximum absolute atomic E-state index is 12.8. The van der Waals surface area contributed by atoms with E-state index in [4.69, 9.17) is 5.73 Å². The molecular formula is C25H36ClF2N3. The van der Waals surface area contributed by atoms with Gasteiger partial charge >= 0.3 is 0 Å². The summed E-state index contributed by atoms with van der Waals surface area (Å²) >= 11 is 0. The molecule has 2 heterocycles. The van der Waals surface area contributed by atoms with Crippen LogP contribution in [0, 0.1) is 11.6 Å². The van der Waals surface area contributed by atoms with Crippen molar-refractivity contribution in [2.45, 2.75) is 43.9 Å². The van der Waals surface area contributed by atoms with Crippen molar-refractivity contribution in [3.8, 4) is 0 Å². The average Bonchev–Trinajstić information content (AvgIpc) is 2.80. The highest BCUT2D eigenvalue weighted by atomic mass is 35.5. The molecule has 4 rings (SSSR count). The highest BCUT2D eigenvalue weighted by molar-refractivity contribution is 5.85. The Balaban J connectivity index is 0.000000220. The second-order valence-corrected chi connectivity index (χ2v) is 8.39. The van der Waals surface area contributed by atoms with Gasteiger partial charge in [0.1, 0.15) is 11.6 Å². The number of hydrogen-bond acceptors (Lipinski definition) is 3. The quantitative estimate of drug-likeness (QED) is 0.666. The zero-order valence-corrected chi connectivity index (χ0v) is 19.1. The van der Waals surface area contributed by atoms with Crippen molar-refractivity contribution < 1.29 is 8.78 Å². The molecule has 2 saturated heterocycles. The number of nitrogens with zero attached hydrogens (tertiary/aromatic N) is 1. The van der Waals surface area contributed by atoms with Crippen molar-refractivity contribution in [2.24, 2.45) is 5.73 Å². The molecule has 6 heteroatoms. The molecule has 0 radical (unpaired) electrons. The Labute approximate surface area is 191 Å². The minimum atomic E-state index is -0.144. The molecular weight excluding hydrogens is 416 g/mol. The average molecular weight is 452 g/mol. The third kappa shape index (κ3) is 8.49. The first kappa shape index (κ1) is 25.7. The SMILES string of the molecule is Cl.Fc1ccc(C2CCNCC2)cc1.NCCCN1CCC(c2ccc(F)cc2)CC1. The molecule has 0 atom stereocenters.